The Kier molecular flexibility index (Phi) is 5.67. The van der Waals surface area contributed by atoms with E-state index in [0.717, 1.165) is 11.9 Å². The highest BCUT2D eigenvalue weighted by molar-refractivity contribution is 6.69. The number of hydrogen-bond acceptors (Lipinski definition) is 4. The van der Waals surface area contributed by atoms with Gasteiger partial charge in [0.1, 0.15) is 12.4 Å². The molecule has 0 saturated carbocycles. The fourth-order valence-corrected chi connectivity index (χ4v) is 3.22. The van der Waals surface area contributed by atoms with Crippen molar-refractivity contribution in [1.29, 1.82) is 0 Å². The fraction of sp³-hybridized carbons (Fsp3) is 0.714. The van der Waals surface area contributed by atoms with Crippen molar-refractivity contribution in [2.75, 3.05) is 13.7 Å². The van der Waals surface area contributed by atoms with Crippen molar-refractivity contribution in [2.45, 2.75) is 51.7 Å². The summed E-state index contributed by atoms with van der Waals surface area (Å²) in [5, 5.41) is 0. The summed E-state index contributed by atoms with van der Waals surface area (Å²) in [4.78, 5) is 25.0. The average molecular weight is 299 g/mol. The summed E-state index contributed by atoms with van der Waals surface area (Å²) in [5.74, 6) is -0.0824. The number of methoxy groups -OCH3 is 1. The molecule has 20 heavy (non-hydrogen) atoms. The number of rotatable bonds is 7. The molecule has 1 rings (SSSR count). The second-order valence-electron chi connectivity index (χ2n) is 6.25. The van der Waals surface area contributed by atoms with E-state index in [9.17, 15) is 9.59 Å². The average Bonchev–Trinajstić information content (AvgIpc) is 2.32. The number of amides is 1. The summed E-state index contributed by atoms with van der Waals surface area (Å²) in [6.45, 7) is 10.5. The van der Waals surface area contributed by atoms with Gasteiger partial charge in [-0.2, -0.15) is 0 Å². The number of nitrogens with zero attached hydrogens (tertiary/aromatic N) is 1. The number of allylic oxidation sites excluding steroid dienone is 1. The predicted molar refractivity (Wildman–Crippen MR) is 80.0 cm³/mol. The molecule has 0 spiro atoms. The molecule has 114 valence electrons. The number of likely N-dealkylation sites (tertiary alicyclic amines) is 1. The van der Waals surface area contributed by atoms with E-state index in [2.05, 4.69) is 0 Å². The third kappa shape index (κ3) is 4.00. The Morgan fingerprint density at radius 1 is 1.40 bits per heavy atom. The van der Waals surface area contributed by atoms with Crippen molar-refractivity contribution in [3.63, 3.8) is 0 Å². The third-order valence-corrected chi connectivity index (χ3v) is 4.09. The van der Waals surface area contributed by atoms with E-state index in [1.807, 2.05) is 39.6 Å². The lowest BCUT2D eigenvalue weighted by Gasteiger charge is -2.48. The molecule has 1 saturated heterocycles. The highest BCUT2D eigenvalue weighted by Gasteiger charge is 2.52. The summed E-state index contributed by atoms with van der Waals surface area (Å²) >= 11 is 0. The zero-order valence-corrected chi connectivity index (χ0v) is 14.2. The molecule has 0 aromatic heterocycles. The van der Waals surface area contributed by atoms with Gasteiger partial charge in [0.25, 0.3) is 5.91 Å². The molecular formula is C14H25NO4Si. The van der Waals surface area contributed by atoms with Crippen molar-refractivity contribution in [1.82, 2.24) is 4.90 Å². The molecule has 0 N–H and O–H groups in total. The Morgan fingerprint density at radius 3 is 2.40 bits per heavy atom. The second-order valence-corrected chi connectivity index (χ2v) is 10.7. The van der Waals surface area contributed by atoms with Crippen molar-refractivity contribution >= 4 is 20.5 Å². The molecule has 0 aliphatic carbocycles. The number of carbonyl (C=O) groups excluding carboxylic acids is 2. The lowest BCUT2D eigenvalue weighted by molar-refractivity contribution is -0.177. The van der Waals surface area contributed by atoms with Crippen LogP contribution in [0.25, 0.3) is 0 Å². The molecule has 1 fully saturated rings. The van der Waals surface area contributed by atoms with Gasteiger partial charge in [-0.3, -0.25) is 4.79 Å². The van der Waals surface area contributed by atoms with Crippen LogP contribution in [0.4, 0.5) is 0 Å². The largest absolute Gasteiger partial charge is 0.406 e. The molecule has 3 atom stereocenters. The van der Waals surface area contributed by atoms with Crippen LogP contribution in [0, 0.1) is 0 Å². The van der Waals surface area contributed by atoms with E-state index < -0.39 is 20.5 Å². The van der Waals surface area contributed by atoms with Crippen LogP contribution in [-0.4, -0.2) is 57.3 Å². The van der Waals surface area contributed by atoms with Gasteiger partial charge in [0.15, 0.2) is 14.4 Å². The Balaban J connectivity index is 2.87. The van der Waals surface area contributed by atoms with E-state index >= 15 is 0 Å². The summed E-state index contributed by atoms with van der Waals surface area (Å²) in [6, 6.07) is -0.327. The summed E-state index contributed by atoms with van der Waals surface area (Å²) in [6.07, 6.45) is 1.56. The van der Waals surface area contributed by atoms with Gasteiger partial charge in [-0.15, -0.1) is 0 Å². The zero-order valence-electron chi connectivity index (χ0n) is 13.2. The molecule has 1 aliphatic heterocycles. The number of aldehydes is 1. The molecule has 0 bridgehead atoms. The number of β-lactam (4-membered cyclic amide) rings is 1. The minimum absolute atomic E-state index is 0.0824. The van der Waals surface area contributed by atoms with Crippen LogP contribution >= 0.6 is 0 Å². The van der Waals surface area contributed by atoms with Gasteiger partial charge in [-0.05, 0) is 33.5 Å². The summed E-state index contributed by atoms with van der Waals surface area (Å²) < 4.78 is 11.1. The van der Waals surface area contributed by atoms with Crippen LogP contribution in [0.15, 0.2) is 11.6 Å². The molecular weight excluding hydrogens is 274 g/mol. The molecule has 1 amide bonds. The molecule has 6 heteroatoms. The lowest BCUT2D eigenvalue weighted by Crippen LogP contribution is -2.70. The first-order chi connectivity index (χ1) is 9.21. The predicted octanol–water partition coefficient (Wildman–Crippen LogP) is 1.60. The number of hydrogen-bond donors (Lipinski definition) is 0. The van der Waals surface area contributed by atoms with E-state index in [-0.39, 0.29) is 11.9 Å². The normalized spacial score (nSPS) is 24.1. The summed E-state index contributed by atoms with van der Waals surface area (Å²) in [7, 11) is -0.375. The van der Waals surface area contributed by atoms with E-state index in [4.69, 9.17) is 9.16 Å². The van der Waals surface area contributed by atoms with Gasteiger partial charge in [0.05, 0.1) is 6.04 Å². The Hall–Kier alpha value is -0.983. The first-order valence-corrected chi connectivity index (χ1v) is 10.2. The standard InChI is InChI=1S/C14H25NO4Si/c1-10(2)7-8-15-12(13(18-3)14(15)17)11(9-16)19-20(4,5)6/h7,9,11-13H,8H2,1-6H3/t11-,12+,13-/m1/s1. The van der Waals surface area contributed by atoms with Gasteiger partial charge < -0.3 is 18.9 Å². The van der Waals surface area contributed by atoms with E-state index in [1.54, 1.807) is 4.90 Å². The van der Waals surface area contributed by atoms with Crippen LogP contribution < -0.4 is 0 Å². The van der Waals surface area contributed by atoms with Crippen LogP contribution in [-0.2, 0) is 18.8 Å². The van der Waals surface area contributed by atoms with E-state index in [1.165, 1.54) is 7.11 Å². The maximum Gasteiger partial charge on any atom is 0.254 e. The van der Waals surface area contributed by atoms with E-state index in [0.29, 0.717) is 6.54 Å². The number of ether oxygens (including phenoxy) is 1. The minimum Gasteiger partial charge on any atom is -0.406 e. The van der Waals surface area contributed by atoms with Gasteiger partial charge in [0, 0.05) is 13.7 Å². The monoisotopic (exact) mass is 299 g/mol. The minimum atomic E-state index is -1.87. The lowest BCUT2D eigenvalue weighted by atomic mass is 9.93. The summed E-state index contributed by atoms with van der Waals surface area (Å²) in [5.41, 5.74) is 1.13. The maximum absolute atomic E-state index is 12.0. The first-order valence-electron chi connectivity index (χ1n) is 6.81. The molecule has 0 unspecified atom stereocenters. The Labute approximate surface area is 122 Å². The van der Waals surface area contributed by atoms with Gasteiger partial charge in [0.2, 0.25) is 0 Å². The molecule has 0 aromatic carbocycles. The zero-order chi connectivity index (χ0) is 15.5. The van der Waals surface area contributed by atoms with Gasteiger partial charge in [-0.1, -0.05) is 11.6 Å². The van der Waals surface area contributed by atoms with Crippen LogP contribution in [0.3, 0.4) is 0 Å². The highest BCUT2D eigenvalue weighted by Crippen LogP contribution is 2.28. The first kappa shape index (κ1) is 17.1. The SMILES string of the molecule is CO[C@H]1C(=O)N(CC=C(C)C)[C@H]1[C@@H](C=O)O[Si](C)(C)C. The van der Waals surface area contributed by atoms with Gasteiger partial charge >= 0.3 is 0 Å². The van der Waals surface area contributed by atoms with Crippen molar-refractivity contribution in [3.05, 3.63) is 11.6 Å². The molecule has 5 nitrogen and oxygen atoms in total. The smallest absolute Gasteiger partial charge is 0.254 e. The second kappa shape index (κ2) is 6.65. The molecule has 1 aliphatic rings. The third-order valence-electron chi connectivity index (χ3n) is 3.11. The quantitative estimate of drug-likeness (QED) is 0.310. The Bertz CT molecular complexity index is 398. The van der Waals surface area contributed by atoms with Crippen molar-refractivity contribution < 1.29 is 18.8 Å². The molecule has 1 heterocycles. The van der Waals surface area contributed by atoms with Crippen LogP contribution in [0.1, 0.15) is 13.8 Å². The van der Waals surface area contributed by atoms with Crippen molar-refractivity contribution in [2.24, 2.45) is 0 Å². The van der Waals surface area contributed by atoms with Crippen molar-refractivity contribution in [3.8, 4) is 0 Å². The maximum atomic E-state index is 12.0. The number of carbonyl (C=O) groups is 2. The molecule has 0 aromatic rings. The van der Waals surface area contributed by atoms with Crippen LogP contribution in [0.2, 0.25) is 19.6 Å². The Morgan fingerprint density at radius 2 is 2.00 bits per heavy atom. The van der Waals surface area contributed by atoms with Crippen LogP contribution in [0.5, 0.6) is 0 Å². The van der Waals surface area contributed by atoms with Gasteiger partial charge in [-0.25, -0.2) is 0 Å². The topological polar surface area (TPSA) is 55.8 Å². The molecule has 0 radical (unpaired) electrons. The highest BCUT2D eigenvalue weighted by atomic mass is 28.4. The fourth-order valence-electron chi connectivity index (χ4n) is 2.21.